The van der Waals surface area contributed by atoms with Crippen LogP contribution in [0.25, 0.3) is 0 Å². The average molecular weight is 283 g/mol. The van der Waals surface area contributed by atoms with Crippen LogP contribution in [0, 0.1) is 0 Å². The number of ether oxygens (including phenoxy) is 1. The highest BCUT2D eigenvalue weighted by atomic mass is 16.5. The first-order valence-electron chi connectivity index (χ1n) is 7.05. The Hall–Kier alpha value is -2.29. The molecule has 0 spiro atoms. The largest absolute Gasteiger partial charge is 0.457 e. The summed E-state index contributed by atoms with van der Waals surface area (Å²) >= 11 is 0. The van der Waals surface area contributed by atoms with Crippen LogP contribution in [0.3, 0.4) is 0 Å². The second-order valence-electron chi connectivity index (χ2n) is 6.04. The third kappa shape index (κ3) is 5.30. The molecule has 3 heteroatoms. The van der Waals surface area contributed by atoms with Gasteiger partial charge in [0, 0.05) is 5.54 Å². The number of carbonyl (C=O) groups is 1. The highest BCUT2D eigenvalue weighted by molar-refractivity contribution is 5.79. The Morgan fingerprint density at radius 1 is 1.00 bits per heavy atom. The Bertz CT molecular complexity index is 600. The van der Waals surface area contributed by atoms with Gasteiger partial charge in [0.1, 0.15) is 11.5 Å². The van der Waals surface area contributed by atoms with Gasteiger partial charge in [-0.05, 0) is 50.6 Å². The van der Waals surface area contributed by atoms with Crippen molar-refractivity contribution < 1.29 is 9.53 Å². The summed E-state index contributed by atoms with van der Waals surface area (Å²) in [6, 6.07) is 17.2. The molecule has 3 nitrogen and oxygen atoms in total. The molecule has 2 aromatic carbocycles. The zero-order chi connectivity index (χ0) is 15.3. The van der Waals surface area contributed by atoms with Crippen molar-refractivity contribution in [3.8, 4) is 11.5 Å². The van der Waals surface area contributed by atoms with Crippen LogP contribution < -0.4 is 10.1 Å². The Morgan fingerprint density at radius 3 is 2.33 bits per heavy atom. The van der Waals surface area contributed by atoms with E-state index >= 15 is 0 Å². The second kappa shape index (κ2) is 6.44. The van der Waals surface area contributed by atoms with Crippen molar-refractivity contribution in [3.05, 3.63) is 60.2 Å². The molecule has 0 bridgehead atoms. The summed E-state index contributed by atoms with van der Waals surface area (Å²) in [7, 11) is 0. The van der Waals surface area contributed by atoms with Crippen LogP contribution in [0.15, 0.2) is 54.6 Å². The number of nitrogens with one attached hydrogen (secondary N) is 1. The number of benzene rings is 2. The molecule has 0 aliphatic rings. The average Bonchev–Trinajstić information content (AvgIpc) is 2.38. The van der Waals surface area contributed by atoms with E-state index in [9.17, 15) is 4.79 Å². The van der Waals surface area contributed by atoms with Crippen LogP contribution >= 0.6 is 0 Å². The molecule has 0 unspecified atom stereocenters. The first-order chi connectivity index (χ1) is 9.92. The molecule has 0 aromatic heterocycles. The van der Waals surface area contributed by atoms with Gasteiger partial charge in [0.25, 0.3) is 0 Å². The molecule has 0 radical (unpaired) electrons. The SMILES string of the molecule is CC(C)(C)NC(=O)Cc1cccc(Oc2ccccc2)c1. The molecule has 1 N–H and O–H groups in total. The van der Waals surface area contributed by atoms with Gasteiger partial charge in [0.2, 0.25) is 5.91 Å². The van der Waals surface area contributed by atoms with Crippen molar-refractivity contribution in [3.63, 3.8) is 0 Å². The number of para-hydroxylation sites is 1. The summed E-state index contributed by atoms with van der Waals surface area (Å²) in [5, 5.41) is 2.96. The van der Waals surface area contributed by atoms with E-state index in [-0.39, 0.29) is 11.4 Å². The van der Waals surface area contributed by atoms with Crippen LogP contribution in [-0.4, -0.2) is 11.4 Å². The monoisotopic (exact) mass is 283 g/mol. The molecule has 0 aliphatic heterocycles. The first-order valence-corrected chi connectivity index (χ1v) is 7.05. The van der Waals surface area contributed by atoms with Gasteiger partial charge < -0.3 is 10.1 Å². The fraction of sp³-hybridized carbons (Fsp3) is 0.278. The molecule has 2 aromatic rings. The summed E-state index contributed by atoms with van der Waals surface area (Å²) in [5.41, 5.74) is 0.722. The highest BCUT2D eigenvalue weighted by Crippen LogP contribution is 2.22. The molecule has 0 saturated carbocycles. The first kappa shape index (κ1) is 15.1. The van der Waals surface area contributed by atoms with Crippen molar-refractivity contribution in [2.75, 3.05) is 0 Å². The Morgan fingerprint density at radius 2 is 1.67 bits per heavy atom. The topological polar surface area (TPSA) is 38.3 Å². The van der Waals surface area contributed by atoms with Gasteiger partial charge in [-0.15, -0.1) is 0 Å². The predicted molar refractivity (Wildman–Crippen MR) is 84.6 cm³/mol. The molecule has 0 saturated heterocycles. The number of amides is 1. The lowest BCUT2D eigenvalue weighted by Gasteiger charge is -2.20. The van der Waals surface area contributed by atoms with Crippen LogP contribution in [-0.2, 0) is 11.2 Å². The Labute approximate surface area is 126 Å². The minimum absolute atomic E-state index is 0.0133. The Balaban J connectivity index is 2.03. The molecule has 2 rings (SSSR count). The van der Waals surface area contributed by atoms with E-state index in [0.717, 1.165) is 17.1 Å². The minimum atomic E-state index is -0.213. The van der Waals surface area contributed by atoms with Gasteiger partial charge in [-0.2, -0.15) is 0 Å². The minimum Gasteiger partial charge on any atom is -0.457 e. The van der Waals surface area contributed by atoms with E-state index in [4.69, 9.17) is 4.74 Å². The summed E-state index contributed by atoms with van der Waals surface area (Å²) in [5.74, 6) is 1.54. The molecule has 0 fully saturated rings. The molecule has 0 aliphatic carbocycles. The molecule has 110 valence electrons. The van der Waals surface area contributed by atoms with Crippen molar-refractivity contribution in [1.82, 2.24) is 5.32 Å². The van der Waals surface area contributed by atoms with E-state index in [1.54, 1.807) is 0 Å². The van der Waals surface area contributed by atoms with Crippen molar-refractivity contribution >= 4 is 5.91 Å². The molecular formula is C18H21NO2. The lowest BCUT2D eigenvalue weighted by Crippen LogP contribution is -2.41. The lowest BCUT2D eigenvalue weighted by atomic mass is 10.1. The van der Waals surface area contributed by atoms with Crippen LogP contribution in [0.4, 0.5) is 0 Å². The summed E-state index contributed by atoms with van der Waals surface area (Å²) < 4.78 is 5.77. The maximum Gasteiger partial charge on any atom is 0.224 e. The van der Waals surface area contributed by atoms with Gasteiger partial charge in [-0.1, -0.05) is 30.3 Å². The summed E-state index contributed by atoms with van der Waals surface area (Å²) in [6.45, 7) is 5.92. The third-order valence-corrected chi connectivity index (χ3v) is 2.76. The zero-order valence-corrected chi connectivity index (χ0v) is 12.7. The predicted octanol–water partition coefficient (Wildman–Crippen LogP) is 3.94. The van der Waals surface area contributed by atoms with E-state index in [1.807, 2.05) is 75.4 Å². The summed E-state index contributed by atoms with van der Waals surface area (Å²) in [6.07, 6.45) is 0.350. The number of hydrogen-bond donors (Lipinski definition) is 1. The van der Waals surface area contributed by atoms with Crippen LogP contribution in [0.5, 0.6) is 11.5 Å². The fourth-order valence-electron chi connectivity index (χ4n) is 1.99. The third-order valence-electron chi connectivity index (χ3n) is 2.76. The van der Waals surface area contributed by atoms with Gasteiger partial charge in [-0.3, -0.25) is 4.79 Å². The van der Waals surface area contributed by atoms with E-state index < -0.39 is 0 Å². The number of hydrogen-bond acceptors (Lipinski definition) is 2. The van der Waals surface area contributed by atoms with Crippen LogP contribution in [0.2, 0.25) is 0 Å². The second-order valence-corrected chi connectivity index (χ2v) is 6.04. The van der Waals surface area contributed by atoms with Gasteiger partial charge >= 0.3 is 0 Å². The van der Waals surface area contributed by atoms with Crippen molar-refractivity contribution in [2.24, 2.45) is 0 Å². The molecular weight excluding hydrogens is 262 g/mol. The van der Waals surface area contributed by atoms with Gasteiger partial charge in [0.15, 0.2) is 0 Å². The molecule has 0 atom stereocenters. The van der Waals surface area contributed by atoms with Gasteiger partial charge in [0.05, 0.1) is 6.42 Å². The van der Waals surface area contributed by atoms with E-state index in [0.29, 0.717) is 6.42 Å². The van der Waals surface area contributed by atoms with E-state index in [1.165, 1.54) is 0 Å². The highest BCUT2D eigenvalue weighted by Gasteiger charge is 2.14. The normalized spacial score (nSPS) is 11.0. The molecule has 0 heterocycles. The molecule has 21 heavy (non-hydrogen) atoms. The molecule has 1 amide bonds. The number of carbonyl (C=O) groups excluding carboxylic acids is 1. The lowest BCUT2D eigenvalue weighted by molar-refractivity contribution is -0.121. The van der Waals surface area contributed by atoms with E-state index in [2.05, 4.69) is 5.32 Å². The number of rotatable bonds is 4. The van der Waals surface area contributed by atoms with Gasteiger partial charge in [-0.25, -0.2) is 0 Å². The van der Waals surface area contributed by atoms with Crippen molar-refractivity contribution in [1.29, 1.82) is 0 Å². The maximum atomic E-state index is 11.9. The summed E-state index contributed by atoms with van der Waals surface area (Å²) in [4.78, 5) is 11.9. The quantitative estimate of drug-likeness (QED) is 0.923. The van der Waals surface area contributed by atoms with Crippen molar-refractivity contribution in [2.45, 2.75) is 32.7 Å². The zero-order valence-electron chi connectivity index (χ0n) is 12.7. The van der Waals surface area contributed by atoms with Crippen LogP contribution in [0.1, 0.15) is 26.3 Å². The smallest absolute Gasteiger partial charge is 0.224 e. The standard InChI is InChI=1S/C18H21NO2/c1-18(2,3)19-17(20)13-14-8-7-11-16(12-14)21-15-9-5-4-6-10-15/h4-12H,13H2,1-3H3,(H,19,20). The fourth-order valence-corrected chi connectivity index (χ4v) is 1.99. The Kier molecular flexibility index (Phi) is 4.63. The maximum absolute atomic E-state index is 11.9.